The van der Waals surface area contributed by atoms with Crippen LogP contribution in [-0.4, -0.2) is 6.66 Å². The van der Waals surface area contributed by atoms with E-state index in [2.05, 4.69) is 52.5 Å². The molecule has 0 saturated heterocycles. The molecule has 2 nitrogen and oxygen atoms in total. The molecule has 0 radical (unpaired) electrons. The van der Waals surface area contributed by atoms with Crippen LogP contribution in [0.25, 0.3) is 0 Å². The van der Waals surface area contributed by atoms with E-state index in [1.165, 1.54) is 35.1 Å². The third kappa shape index (κ3) is 1.93. The smallest absolute Gasteiger partial charge is 0.126 e. The van der Waals surface area contributed by atoms with Gasteiger partial charge in [-0.2, -0.15) is 0 Å². The van der Waals surface area contributed by atoms with Gasteiger partial charge >= 0.3 is 0 Å². The molecule has 2 bridgehead atoms. The maximum atomic E-state index is 5.93. The van der Waals surface area contributed by atoms with E-state index >= 15 is 0 Å². The van der Waals surface area contributed by atoms with Gasteiger partial charge in [-0.3, -0.25) is 0 Å². The van der Waals surface area contributed by atoms with Crippen LogP contribution in [0.15, 0.2) is 36.4 Å². The summed E-state index contributed by atoms with van der Waals surface area (Å²) in [5.41, 5.74) is 5.65. The maximum absolute atomic E-state index is 5.93. The Hall–Kier alpha value is -1.10. The minimum Gasteiger partial charge on any atom is -0.480 e. The fourth-order valence-electron chi connectivity index (χ4n) is 4.02. The summed E-state index contributed by atoms with van der Waals surface area (Å²) in [5, 5.41) is 0. The van der Waals surface area contributed by atoms with E-state index in [0.717, 1.165) is 11.5 Å². The summed E-state index contributed by atoms with van der Waals surface area (Å²) in [5.74, 6) is 2.95. The third-order valence-corrected chi connectivity index (χ3v) is 5.41. The number of hydrogen-bond acceptors (Lipinski definition) is 2. The summed E-state index contributed by atoms with van der Waals surface area (Å²) in [7, 11) is 2.87. The van der Waals surface area contributed by atoms with Gasteiger partial charge in [0, 0.05) is 23.0 Å². The largest absolute Gasteiger partial charge is 0.480 e. The summed E-state index contributed by atoms with van der Waals surface area (Å²) in [6.07, 6.45) is 2.41. The number of fused-ring (bicyclic) bond motifs is 1. The van der Waals surface area contributed by atoms with Crippen LogP contribution < -0.4 is 9.05 Å². The second-order valence-electron chi connectivity index (χ2n) is 5.62. The van der Waals surface area contributed by atoms with E-state index < -0.39 is 0 Å². The van der Waals surface area contributed by atoms with Gasteiger partial charge in [0.15, 0.2) is 0 Å². The Morgan fingerprint density at radius 3 is 2.24 bits per heavy atom. The molecule has 4 atom stereocenters. The highest BCUT2D eigenvalue weighted by Gasteiger charge is 2.40. The van der Waals surface area contributed by atoms with Crippen molar-refractivity contribution in [3.63, 3.8) is 0 Å². The molecule has 4 heteroatoms. The maximum Gasteiger partial charge on any atom is 0.126 e. The lowest BCUT2D eigenvalue weighted by atomic mass is 9.63. The Balaban J connectivity index is 1.96. The van der Waals surface area contributed by atoms with Crippen LogP contribution in [-0.2, 0) is 0 Å². The lowest BCUT2D eigenvalue weighted by Crippen LogP contribution is -2.25. The Morgan fingerprint density at radius 2 is 1.57 bits per heavy atom. The highest BCUT2D eigenvalue weighted by molar-refractivity contribution is 7.31. The second-order valence-corrected chi connectivity index (χ2v) is 6.47. The topological polar surface area (TPSA) is 18.5 Å². The third-order valence-electron chi connectivity index (χ3n) is 4.73. The molecule has 0 N–H and O–H groups in total. The van der Waals surface area contributed by atoms with Gasteiger partial charge in [-0.15, -0.1) is 0 Å². The molecule has 0 aliphatic heterocycles. The second kappa shape index (κ2) is 5.27. The molecule has 0 saturated carbocycles. The van der Waals surface area contributed by atoms with Crippen LogP contribution in [0, 0.1) is 0 Å². The molecule has 0 amide bonds. The molecular weight excluding hydrogens is 298 g/mol. The Bertz CT molecular complexity index is 699. The molecule has 2 aromatic rings. The zero-order valence-electron chi connectivity index (χ0n) is 11.9. The van der Waals surface area contributed by atoms with Crippen molar-refractivity contribution in [2.45, 2.75) is 24.7 Å². The molecule has 3 aliphatic rings. The van der Waals surface area contributed by atoms with Crippen molar-refractivity contribution in [1.29, 1.82) is 0 Å². The first-order valence-electron chi connectivity index (χ1n) is 7.31. The normalized spacial score (nSPS) is 22.2. The van der Waals surface area contributed by atoms with Crippen LogP contribution in [0.4, 0.5) is 0 Å². The zero-order chi connectivity index (χ0) is 14.4. The van der Waals surface area contributed by atoms with Gasteiger partial charge in [-0.25, -0.2) is 0 Å². The Morgan fingerprint density at radius 1 is 0.952 bits per heavy atom. The van der Waals surface area contributed by atoms with Crippen molar-refractivity contribution in [1.82, 2.24) is 0 Å². The molecule has 0 heterocycles. The number of hydrogen-bond donors (Lipinski definition) is 0. The van der Waals surface area contributed by atoms with E-state index in [4.69, 9.17) is 9.05 Å². The Kier molecular flexibility index (Phi) is 3.40. The highest BCUT2D eigenvalue weighted by atomic mass is 31.1. The fraction of sp³-hybridized carbons (Fsp3) is 0.294. The molecule has 2 aromatic carbocycles. The first kappa shape index (κ1) is 13.6. The first-order chi connectivity index (χ1) is 10.3. The predicted molar refractivity (Wildman–Crippen MR) is 91.0 cm³/mol. The summed E-state index contributed by atoms with van der Waals surface area (Å²) in [6, 6.07) is 12.9. The molecular formula is C17H18O2P2. The van der Waals surface area contributed by atoms with Crippen molar-refractivity contribution in [2.75, 3.05) is 6.66 Å². The molecule has 5 rings (SSSR count). The number of rotatable bonds is 3. The zero-order valence-corrected chi connectivity index (χ0v) is 14.1. The van der Waals surface area contributed by atoms with Crippen molar-refractivity contribution in [3.8, 4) is 11.5 Å². The van der Waals surface area contributed by atoms with Gasteiger partial charge in [0.05, 0.1) is 18.3 Å². The van der Waals surface area contributed by atoms with Gasteiger partial charge in [0.2, 0.25) is 0 Å². The minimum absolute atomic E-state index is 0.407. The monoisotopic (exact) mass is 316 g/mol. The van der Waals surface area contributed by atoms with Crippen molar-refractivity contribution < 1.29 is 9.05 Å². The standard InChI is InChI=1S/C17H18O2P2/c1-21-19-15-7-3-5-12-10-8-9-13(17(12)15)16-11(10)4-2-6-14(16)18-20/h2-7,10,13,21H,8-9,20H2,1H3. The van der Waals surface area contributed by atoms with Crippen LogP contribution in [0.3, 0.4) is 0 Å². The van der Waals surface area contributed by atoms with E-state index in [1.54, 1.807) is 0 Å². The quantitative estimate of drug-likeness (QED) is 0.755. The summed E-state index contributed by atoms with van der Waals surface area (Å²) >= 11 is 0. The predicted octanol–water partition coefficient (Wildman–Crippen LogP) is 4.83. The van der Waals surface area contributed by atoms with Crippen LogP contribution in [0.2, 0.25) is 0 Å². The molecule has 3 aliphatic carbocycles. The lowest BCUT2D eigenvalue weighted by molar-refractivity contribution is 0.485. The molecule has 0 fully saturated rings. The van der Waals surface area contributed by atoms with Crippen LogP contribution in [0.1, 0.15) is 46.9 Å². The average molecular weight is 316 g/mol. The minimum atomic E-state index is 0.407. The van der Waals surface area contributed by atoms with Gasteiger partial charge < -0.3 is 9.05 Å². The van der Waals surface area contributed by atoms with E-state index in [-0.39, 0.29) is 0 Å². The summed E-state index contributed by atoms with van der Waals surface area (Å²) in [6.45, 7) is 2.08. The lowest BCUT2D eigenvalue weighted by Gasteiger charge is -2.41. The average Bonchev–Trinajstić information content (AvgIpc) is 2.55. The number of benzene rings is 2. The summed E-state index contributed by atoms with van der Waals surface area (Å²) in [4.78, 5) is 0. The SMILES string of the molecule is CPOc1cccc2c1C1CCC2c2cccc(OP)c21. The van der Waals surface area contributed by atoms with Crippen LogP contribution >= 0.6 is 18.3 Å². The molecule has 4 unspecified atom stereocenters. The van der Waals surface area contributed by atoms with E-state index in [1.807, 2.05) is 0 Å². The fourth-order valence-corrected chi connectivity index (χ4v) is 4.63. The van der Waals surface area contributed by atoms with Gasteiger partial charge in [0.1, 0.15) is 11.5 Å². The van der Waals surface area contributed by atoms with Crippen LogP contribution in [0.5, 0.6) is 11.5 Å². The van der Waals surface area contributed by atoms with Crippen molar-refractivity contribution in [2.24, 2.45) is 0 Å². The molecule has 108 valence electrons. The van der Waals surface area contributed by atoms with Crippen molar-refractivity contribution in [3.05, 3.63) is 58.7 Å². The van der Waals surface area contributed by atoms with Gasteiger partial charge in [0.25, 0.3) is 0 Å². The molecule has 21 heavy (non-hydrogen) atoms. The van der Waals surface area contributed by atoms with Crippen molar-refractivity contribution >= 4 is 18.3 Å². The summed E-state index contributed by atoms with van der Waals surface area (Å²) < 4.78 is 11.5. The highest BCUT2D eigenvalue weighted by Crippen LogP contribution is 2.57. The Labute approximate surface area is 129 Å². The van der Waals surface area contributed by atoms with E-state index in [0.29, 0.717) is 20.6 Å². The molecule has 0 spiro atoms. The van der Waals surface area contributed by atoms with Gasteiger partial charge in [-0.1, -0.05) is 24.3 Å². The van der Waals surface area contributed by atoms with E-state index in [9.17, 15) is 0 Å². The van der Waals surface area contributed by atoms with Gasteiger partial charge in [-0.05, 0) is 42.8 Å². The molecule has 0 aromatic heterocycles. The first-order valence-corrected chi connectivity index (χ1v) is 9.19.